The molecule has 0 spiro atoms. The Bertz CT molecular complexity index is 2950. The van der Waals surface area contributed by atoms with Crippen LogP contribution in [-0.4, -0.2) is 0 Å². The van der Waals surface area contributed by atoms with E-state index in [4.69, 9.17) is 0 Å². The molecule has 0 aromatic heterocycles. The van der Waals surface area contributed by atoms with Gasteiger partial charge in [0.05, 0.1) is 0 Å². The largest absolute Gasteiger partial charge is 0.311 e. The van der Waals surface area contributed by atoms with E-state index in [0.717, 1.165) is 56.3 Å². The molecule has 0 radical (unpaired) electrons. The van der Waals surface area contributed by atoms with Gasteiger partial charge in [-0.3, -0.25) is 0 Å². The molecular weight excluding hydrogens is 807 g/mol. The number of fused-ring (bicyclic) bond motifs is 6. The van der Waals surface area contributed by atoms with Crippen molar-refractivity contribution < 1.29 is 0 Å². The zero-order valence-corrected chi connectivity index (χ0v) is 40.7. The fourth-order valence-electron chi connectivity index (χ4n) is 11.1. The normalized spacial score (nSPS) is 14.4. The van der Waals surface area contributed by atoms with E-state index in [1.165, 1.54) is 89.1 Å². The topological polar surface area (TPSA) is 3.24 Å². The van der Waals surface area contributed by atoms with E-state index >= 15 is 0 Å². The third kappa shape index (κ3) is 8.73. The van der Waals surface area contributed by atoms with Crippen molar-refractivity contribution >= 4 is 17.1 Å². The van der Waals surface area contributed by atoms with Gasteiger partial charge >= 0.3 is 0 Å². The molecule has 9 rings (SSSR count). The summed E-state index contributed by atoms with van der Waals surface area (Å²) in [4.78, 5) is 2.37. The van der Waals surface area contributed by atoms with Crippen LogP contribution in [0.4, 0.5) is 17.1 Å². The number of hydrogen-bond donors (Lipinski definition) is 0. The van der Waals surface area contributed by atoms with E-state index in [1.807, 2.05) is 12.2 Å². The highest BCUT2D eigenvalue weighted by Crippen LogP contribution is 2.56. The molecule has 0 saturated carbocycles. The van der Waals surface area contributed by atoms with Gasteiger partial charge in [-0.05, 0) is 192 Å². The van der Waals surface area contributed by atoms with Crippen LogP contribution in [0, 0.1) is 13.8 Å². The van der Waals surface area contributed by atoms with Crippen LogP contribution in [0.2, 0.25) is 0 Å². The summed E-state index contributed by atoms with van der Waals surface area (Å²) in [7, 11) is 0. The number of unbranched alkanes of at least 4 members (excludes halogenated alkanes) is 2. The molecule has 0 fully saturated rings. The fraction of sp³-hybridized carbons (Fsp3) is 0.242. The van der Waals surface area contributed by atoms with Crippen molar-refractivity contribution in [2.75, 3.05) is 4.90 Å². The highest BCUT2D eigenvalue weighted by molar-refractivity contribution is 5.88. The van der Waals surface area contributed by atoms with Crippen molar-refractivity contribution in [3.63, 3.8) is 0 Å². The Labute approximate surface area is 402 Å². The van der Waals surface area contributed by atoms with E-state index in [1.54, 1.807) is 0 Å². The Morgan fingerprint density at radius 1 is 0.493 bits per heavy atom. The molecule has 0 saturated heterocycles. The lowest BCUT2D eigenvalue weighted by atomic mass is 9.70. The molecule has 2 aliphatic carbocycles. The van der Waals surface area contributed by atoms with Crippen LogP contribution in [0.1, 0.15) is 118 Å². The molecule has 7 aromatic rings. The average molecular weight is 874 g/mol. The summed E-state index contributed by atoms with van der Waals surface area (Å²) in [6.07, 6.45) is 20.2. The molecule has 1 unspecified atom stereocenters. The lowest BCUT2D eigenvalue weighted by Gasteiger charge is -2.33. The second kappa shape index (κ2) is 19.3. The summed E-state index contributed by atoms with van der Waals surface area (Å²) in [5, 5.41) is 0. The first kappa shape index (κ1) is 45.5. The van der Waals surface area contributed by atoms with Crippen molar-refractivity contribution in [2.45, 2.75) is 103 Å². The molecule has 2 aliphatic rings. The van der Waals surface area contributed by atoms with Crippen LogP contribution in [0.3, 0.4) is 0 Å². The Hall–Kier alpha value is -6.70. The van der Waals surface area contributed by atoms with E-state index < -0.39 is 0 Å². The number of benzene rings is 7. The quantitative estimate of drug-likeness (QED) is 0.0651. The maximum atomic E-state index is 3.91. The van der Waals surface area contributed by atoms with Gasteiger partial charge in [0.15, 0.2) is 0 Å². The second-order valence-corrected chi connectivity index (χ2v) is 19.8. The molecule has 1 heteroatoms. The molecule has 0 amide bonds. The predicted molar refractivity (Wildman–Crippen MR) is 290 cm³/mol. The third-order valence-electron chi connectivity index (χ3n) is 15.1. The van der Waals surface area contributed by atoms with Crippen molar-refractivity contribution in [1.82, 2.24) is 0 Å². The van der Waals surface area contributed by atoms with Crippen molar-refractivity contribution in [2.24, 2.45) is 0 Å². The molecule has 0 bridgehead atoms. The smallest absolute Gasteiger partial charge is 0.0462 e. The first-order valence-corrected chi connectivity index (χ1v) is 24.7. The van der Waals surface area contributed by atoms with Gasteiger partial charge in [-0.1, -0.05) is 179 Å². The van der Waals surface area contributed by atoms with Gasteiger partial charge in [-0.15, -0.1) is 0 Å². The van der Waals surface area contributed by atoms with Crippen molar-refractivity contribution in [3.8, 4) is 44.5 Å². The minimum atomic E-state index is -0.160. The predicted octanol–water partition coefficient (Wildman–Crippen LogP) is 19.0. The van der Waals surface area contributed by atoms with E-state index in [-0.39, 0.29) is 10.8 Å². The number of aryl methyl sites for hydroxylation is 2. The van der Waals surface area contributed by atoms with Crippen LogP contribution in [0.15, 0.2) is 195 Å². The number of rotatable bonds is 17. The second-order valence-electron chi connectivity index (χ2n) is 19.8. The maximum Gasteiger partial charge on any atom is 0.0462 e. The summed E-state index contributed by atoms with van der Waals surface area (Å²) in [6.45, 7) is 21.6. The molecule has 67 heavy (non-hydrogen) atoms. The zero-order valence-electron chi connectivity index (χ0n) is 40.7. The van der Waals surface area contributed by atoms with Crippen molar-refractivity contribution in [1.29, 1.82) is 0 Å². The monoisotopic (exact) mass is 874 g/mol. The van der Waals surface area contributed by atoms with Crippen LogP contribution in [0.25, 0.3) is 44.5 Å². The summed E-state index contributed by atoms with van der Waals surface area (Å²) < 4.78 is 0. The minimum Gasteiger partial charge on any atom is -0.311 e. The fourth-order valence-corrected chi connectivity index (χ4v) is 11.1. The molecular formula is C66H67N. The zero-order chi connectivity index (χ0) is 46.7. The molecule has 0 heterocycles. The van der Waals surface area contributed by atoms with E-state index in [2.05, 4.69) is 229 Å². The summed E-state index contributed by atoms with van der Waals surface area (Å²) in [6, 6.07) is 56.0. The lowest BCUT2D eigenvalue weighted by molar-refractivity contribution is 0.422. The molecule has 0 aliphatic heterocycles. The SMILES string of the molecule is C=C/C=C\CCCC1(CCC/C=C\C=C)c2cc(C)ccc2-c2ccc(-c3ccc4c(c3)C(C)(C)c3cc(-c5ccc(N(c6ccc(C)cc6)c6ccc(C(C)CC)cc6)cc5)ccc3-4)cc21. The highest BCUT2D eigenvalue weighted by Gasteiger charge is 2.43. The molecule has 0 N–H and O–H groups in total. The third-order valence-corrected chi connectivity index (χ3v) is 15.1. The standard InChI is InChI=1S/C66H67N/c1-9-12-14-16-18-40-66(41-19-17-15-13-10-2)63-42-47(5)22-36-59(63)60-39-29-53(45-64(60)66)52-28-38-58-57-37-27-51(43-61(57)65(7,8)62(58)44-52)50-25-34-56(35-26-50)67(54-30-20-46(4)21-31-54)55-32-23-49(24-33-55)48(6)11-3/h9-10,12-15,20-39,42-45,48H,1-2,11,16-19,40-41H2,3-8H3/b14-12-,15-13-. The lowest BCUT2D eigenvalue weighted by Crippen LogP contribution is -2.25. The maximum absolute atomic E-state index is 3.91. The Balaban J connectivity index is 1.03. The van der Waals surface area contributed by atoms with Gasteiger partial charge in [0.25, 0.3) is 0 Å². The van der Waals surface area contributed by atoms with Gasteiger partial charge in [0.2, 0.25) is 0 Å². The molecule has 336 valence electrons. The number of allylic oxidation sites excluding steroid dienone is 6. The Kier molecular flexibility index (Phi) is 13.1. The minimum absolute atomic E-state index is 0.0464. The van der Waals surface area contributed by atoms with Crippen LogP contribution in [0.5, 0.6) is 0 Å². The number of nitrogens with zero attached hydrogens (tertiary/aromatic N) is 1. The van der Waals surface area contributed by atoms with E-state index in [0.29, 0.717) is 5.92 Å². The van der Waals surface area contributed by atoms with Crippen LogP contribution < -0.4 is 4.90 Å². The van der Waals surface area contributed by atoms with Gasteiger partial charge in [-0.2, -0.15) is 0 Å². The van der Waals surface area contributed by atoms with Crippen molar-refractivity contribution in [3.05, 3.63) is 234 Å². The number of anilines is 3. The molecule has 1 atom stereocenters. The van der Waals surface area contributed by atoms with Crippen LogP contribution in [-0.2, 0) is 10.8 Å². The average Bonchev–Trinajstić information content (AvgIpc) is 3.74. The Morgan fingerprint density at radius 2 is 0.896 bits per heavy atom. The van der Waals surface area contributed by atoms with Gasteiger partial charge in [0.1, 0.15) is 0 Å². The van der Waals surface area contributed by atoms with Gasteiger partial charge in [0, 0.05) is 27.9 Å². The van der Waals surface area contributed by atoms with Gasteiger partial charge in [-0.25, -0.2) is 0 Å². The van der Waals surface area contributed by atoms with Gasteiger partial charge < -0.3 is 4.90 Å². The Morgan fingerprint density at radius 3 is 1.40 bits per heavy atom. The highest BCUT2D eigenvalue weighted by atomic mass is 15.1. The first-order chi connectivity index (χ1) is 32.6. The molecule has 1 nitrogen and oxygen atoms in total. The summed E-state index contributed by atoms with van der Waals surface area (Å²) in [5.41, 5.74) is 23.6. The number of hydrogen-bond acceptors (Lipinski definition) is 1. The van der Waals surface area contributed by atoms with Crippen LogP contribution >= 0.6 is 0 Å². The molecule has 7 aromatic carbocycles. The summed E-state index contributed by atoms with van der Waals surface area (Å²) >= 11 is 0. The summed E-state index contributed by atoms with van der Waals surface area (Å²) in [5.74, 6) is 0.541. The first-order valence-electron chi connectivity index (χ1n) is 24.7. The van der Waals surface area contributed by atoms with E-state index in [9.17, 15) is 0 Å².